The van der Waals surface area contributed by atoms with E-state index in [1.165, 1.54) is 0 Å². The second kappa shape index (κ2) is 3.86. The maximum atomic E-state index is 10.6. The Balaban J connectivity index is 2.35. The number of aromatic amines is 1. The normalized spacial score (nSPS) is 12.8. The number of hydrogen-bond donors (Lipinski definition) is 4. The molecule has 16 heavy (non-hydrogen) atoms. The van der Waals surface area contributed by atoms with Gasteiger partial charge in [-0.3, -0.25) is 4.79 Å². The Morgan fingerprint density at radius 2 is 2.25 bits per heavy atom. The van der Waals surface area contributed by atoms with Crippen LogP contribution in [0.25, 0.3) is 10.9 Å². The topological polar surface area (TPSA) is 99.3 Å². The van der Waals surface area contributed by atoms with Crippen LogP contribution in [0.3, 0.4) is 0 Å². The minimum absolute atomic E-state index is 0.170. The van der Waals surface area contributed by atoms with Crippen molar-refractivity contribution in [1.29, 1.82) is 0 Å². The largest absolute Gasteiger partial charge is 0.508 e. The van der Waals surface area contributed by atoms with Gasteiger partial charge in [0.25, 0.3) is 0 Å². The Labute approximate surface area is 91.5 Å². The average molecular weight is 220 g/mol. The van der Waals surface area contributed by atoms with Gasteiger partial charge in [-0.05, 0) is 17.7 Å². The predicted octanol–water partition coefficient (Wildman–Crippen LogP) is 0.828. The van der Waals surface area contributed by atoms with Crippen LogP contribution in [0.1, 0.15) is 5.56 Å². The Kier molecular flexibility index (Phi) is 2.54. The Bertz CT molecular complexity index is 533. The lowest BCUT2D eigenvalue weighted by atomic mass is 10.1. The first kappa shape index (κ1) is 10.5. The number of aromatic hydroxyl groups is 1. The minimum Gasteiger partial charge on any atom is -0.508 e. The molecule has 0 saturated heterocycles. The van der Waals surface area contributed by atoms with E-state index in [1.54, 1.807) is 24.4 Å². The number of carboxylic acids is 1. The second-order valence-electron chi connectivity index (χ2n) is 3.69. The van der Waals surface area contributed by atoms with Gasteiger partial charge in [0.05, 0.1) is 0 Å². The number of carboxylic acid groups (broad SMARTS) is 1. The third kappa shape index (κ3) is 1.85. The third-order valence-electron chi connectivity index (χ3n) is 2.51. The van der Waals surface area contributed by atoms with Crippen LogP contribution < -0.4 is 5.73 Å². The van der Waals surface area contributed by atoms with Crippen LogP contribution in [0.15, 0.2) is 24.4 Å². The molecule has 0 aliphatic rings. The molecule has 0 fully saturated rings. The summed E-state index contributed by atoms with van der Waals surface area (Å²) >= 11 is 0. The monoisotopic (exact) mass is 220 g/mol. The first-order chi connectivity index (χ1) is 7.58. The number of fused-ring (bicyclic) bond motifs is 1. The van der Waals surface area contributed by atoms with Gasteiger partial charge in [-0.25, -0.2) is 0 Å². The zero-order valence-corrected chi connectivity index (χ0v) is 8.47. The fourth-order valence-corrected chi connectivity index (χ4v) is 1.67. The van der Waals surface area contributed by atoms with Gasteiger partial charge in [-0.1, -0.05) is 0 Å². The number of H-pyrrole nitrogens is 1. The van der Waals surface area contributed by atoms with E-state index in [0.29, 0.717) is 0 Å². The van der Waals surface area contributed by atoms with Crippen LogP contribution in [-0.2, 0) is 11.2 Å². The molecule has 1 unspecified atom stereocenters. The maximum absolute atomic E-state index is 10.6. The second-order valence-corrected chi connectivity index (χ2v) is 3.69. The number of aliphatic carboxylic acids is 1. The van der Waals surface area contributed by atoms with Gasteiger partial charge in [0.15, 0.2) is 0 Å². The molecule has 84 valence electrons. The summed E-state index contributed by atoms with van der Waals surface area (Å²) in [5.74, 6) is -0.850. The molecule has 1 atom stereocenters. The summed E-state index contributed by atoms with van der Waals surface area (Å²) in [6.45, 7) is 0. The summed E-state index contributed by atoms with van der Waals surface area (Å²) < 4.78 is 0. The number of carbonyl (C=O) groups is 1. The van der Waals surface area contributed by atoms with Gasteiger partial charge < -0.3 is 20.9 Å². The quantitative estimate of drug-likeness (QED) is 0.615. The molecule has 0 bridgehead atoms. The highest BCUT2D eigenvalue weighted by molar-refractivity contribution is 5.85. The van der Waals surface area contributed by atoms with E-state index in [0.717, 1.165) is 16.5 Å². The van der Waals surface area contributed by atoms with Crippen LogP contribution in [-0.4, -0.2) is 27.2 Å². The zero-order chi connectivity index (χ0) is 11.7. The molecule has 0 aliphatic carbocycles. The highest BCUT2D eigenvalue weighted by Gasteiger charge is 2.14. The van der Waals surface area contributed by atoms with Gasteiger partial charge in [0.2, 0.25) is 0 Å². The fourth-order valence-electron chi connectivity index (χ4n) is 1.67. The summed E-state index contributed by atoms with van der Waals surface area (Å²) in [5, 5.41) is 18.9. The molecule has 0 spiro atoms. The average Bonchev–Trinajstić information content (AvgIpc) is 2.60. The predicted molar refractivity (Wildman–Crippen MR) is 59.3 cm³/mol. The Morgan fingerprint density at radius 3 is 2.94 bits per heavy atom. The summed E-state index contributed by atoms with van der Waals surface area (Å²) in [6, 6.07) is 3.98. The lowest BCUT2D eigenvalue weighted by molar-refractivity contribution is -0.138. The zero-order valence-electron chi connectivity index (χ0n) is 8.47. The lowest BCUT2D eigenvalue weighted by Crippen LogP contribution is -2.32. The molecule has 2 aromatic rings. The first-order valence-electron chi connectivity index (χ1n) is 4.85. The number of benzene rings is 1. The molecule has 1 aromatic carbocycles. The molecule has 0 aliphatic heterocycles. The van der Waals surface area contributed by atoms with Crippen molar-refractivity contribution in [3.8, 4) is 5.75 Å². The summed E-state index contributed by atoms with van der Waals surface area (Å²) in [4.78, 5) is 13.6. The Morgan fingerprint density at radius 1 is 1.50 bits per heavy atom. The van der Waals surface area contributed by atoms with Crippen molar-refractivity contribution in [3.63, 3.8) is 0 Å². The number of aromatic nitrogens is 1. The summed E-state index contributed by atoms with van der Waals surface area (Å²) in [5.41, 5.74) is 7.07. The molecule has 1 aromatic heterocycles. The van der Waals surface area contributed by atoms with Crippen LogP contribution in [0.5, 0.6) is 5.75 Å². The van der Waals surface area contributed by atoms with Crippen molar-refractivity contribution < 1.29 is 15.0 Å². The molecule has 0 amide bonds. The third-order valence-corrected chi connectivity index (χ3v) is 2.51. The van der Waals surface area contributed by atoms with Crippen LogP contribution >= 0.6 is 0 Å². The summed E-state index contributed by atoms with van der Waals surface area (Å²) in [7, 11) is 0. The van der Waals surface area contributed by atoms with Crippen LogP contribution in [0.4, 0.5) is 0 Å². The van der Waals surface area contributed by atoms with Crippen molar-refractivity contribution >= 4 is 16.9 Å². The highest BCUT2D eigenvalue weighted by atomic mass is 16.4. The van der Waals surface area contributed by atoms with Gasteiger partial charge in [0.1, 0.15) is 11.8 Å². The number of phenolic OH excluding ortho intramolecular Hbond substituents is 1. The van der Waals surface area contributed by atoms with E-state index in [-0.39, 0.29) is 12.2 Å². The number of hydrogen-bond acceptors (Lipinski definition) is 3. The lowest BCUT2D eigenvalue weighted by Gasteiger charge is -2.04. The molecule has 5 heteroatoms. The maximum Gasteiger partial charge on any atom is 0.320 e. The molecular weight excluding hydrogens is 208 g/mol. The molecular formula is C11H12N2O3. The Hall–Kier alpha value is -2.01. The number of nitrogens with two attached hydrogens (primary N) is 1. The molecule has 5 nitrogen and oxygen atoms in total. The number of phenols is 1. The first-order valence-corrected chi connectivity index (χ1v) is 4.85. The van der Waals surface area contributed by atoms with E-state index < -0.39 is 12.0 Å². The van der Waals surface area contributed by atoms with E-state index in [2.05, 4.69) is 4.98 Å². The number of nitrogens with one attached hydrogen (secondary N) is 1. The van der Waals surface area contributed by atoms with Crippen LogP contribution in [0, 0.1) is 0 Å². The van der Waals surface area contributed by atoms with E-state index in [1.807, 2.05) is 0 Å². The van der Waals surface area contributed by atoms with Gasteiger partial charge in [-0.15, -0.1) is 0 Å². The van der Waals surface area contributed by atoms with Crippen LogP contribution in [0.2, 0.25) is 0 Å². The van der Waals surface area contributed by atoms with Crippen molar-refractivity contribution in [1.82, 2.24) is 4.98 Å². The standard InChI is InChI=1S/C11H12N2O3/c12-9(11(15)16)3-6-5-13-10-4-7(14)1-2-8(6)10/h1-2,4-5,9,13-14H,3,12H2,(H,15,16). The number of rotatable bonds is 3. The summed E-state index contributed by atoms with van der Waals surface area (Å²) in [6.07, 6.45) is 1.98. The van der Waals surface area contributed by atoms with E-state index in [4.69, 9.17) is 10.8 Å². The van der Waals surface area contributed by atoms with E-state index in [9.17, 15) is 9.90 Å². The van der Waals surface area contributed by atoms with Crippen molar-refractivity contribution in [2.24, 2.45) is 5.73 Å². The SMILES string of the molecule is NC(Cc1c[nH]c2cc(O)ccc12)C(=O)O. The van der Waals surface area contributed by atoms with Crippen molar-refractivity contribution in [3.05, 3.63) is 30.0 Å². The highest BCUT2D eigenvalue weighted by Crippen LogP contribution is 2.23. The molecule has 2 rings (SSSR count). The van der Waals surface area contributed by atoms with Gasteiger partial charge in [0, 0.05) is 29.6 Å². The molecule has 0 saturated carbocycles. The van der Waals surface area contributed by atoms with Gasteiger partial charge in [-0.2, -0.15) is 0 Å². The molecule has 1 heterocycles. The van der Waals surface area contributed by atoms with Gasteiger partial charge >= 0.3 is 5.97 Å². The van der Waals surface area contributed by atoms with Crippen molar-refractivity contribution in [2.45, 2.75) is 12.5 Å². The molecule has 0 radical (unpaired) electrons. The fraction of sp³-hybridized carbons (Fsp3) is 0.182. The van der Waals surface area contributed by atoms with Crippen molar-refractivity contribution in [2.75, 3.05) is 0 Å². The molecule has 5 N–H and O–H groups in total. The van der Waals surface area contributed by atoms with E-state index >= 15 is 0 Å². The smallest absolute Gasteiger partial charge is 0.320 e. The minimum atomic E-state index is -1.02.